The predicted octanol–water partition coefficient (Wildman–Crippen LogP) is 4.79. The van der Waals surface area contributed by atoms with Crippen molar-refractivity contribution in [2.45, 2.75) is 6.92 Å². The highest BCUT2D eigenvalue weighted by atomic mass is 35.5. The minimum absolute atomic E-state index is 0.116. The summed E-state index contributed by atoms with van der Waals surface area (Å²) in [6.07, 6.45) is 1.32. The van der Waals surface area contributed by atoms with Crippen LogP contribution in [0.4, 0.5) is 4.39 Å². The van der Waals surface area contributed by atoms with Gasteiger partial charge in [0.2, 0.25) is 0 Å². The Labute approximate surface area is 142 Å². The molecule has 0 atom stereocenters. The highest BCUT2D eigenvalue weighted by Gasteiger charge is 2.19. The van der Waals surface area contributed by atoms with Gasteiger partial charge in [-0.3, -0.25) is 0 Å². The number of aromatic carboxylic acids is 1. The number of aromatic nitrogens is 1. The molecule has 0 radical (unpaired) electrons. The summed E-state index contributed by atoms with van der Waals surface area (Å²) in [4.78, 5) is 15.1. The summed E-state index contributed by atoms with van der Waals surface area (Å²) in [6, 6.07) is 9.95. The second-order valence-corrected chi connectivity index (χ2v) is 5.49. The fourth-order valence-electron chi connectivity index (χ4n) is 2.56. The van der Waals surface area contributed by atoms with Crippen molar-refractivity contribution in [2.24, 2.45) is 0 Å². The maximum absolute atomic E-state index is 14.8. The van der Waals surface area contributed by atoms with Gasteiger partial charge < -0.3 is 9.84 Å². The van der Waals surface area contributed by atoms with Crippen molar-refractivity contribution >= 4 is 28.3 Å². The molecule has 0 spiro atoms. The molecule has 24 heavy (non-hydrogen) atoms. The lowest BCUT2D eigenvalue weighted by atomic mass is 9.97. The highest BCUT2D eigenvalue weighted by Crippen LogP contribution is 2.38. The zero-order valence-corrected chi connectivity index (χ0v) is 13.5. The number of benzene rings is 2. The molecule has 2 aromatic carbocycles. The van der Waals surface area contributed by atoms with E-state index in [-0.39, 0.29) is 28.6 Å². The quantitative estimate of drug-likeness (QED) is 0.738. The molecule has 0 saturated carbocycles. The van der Waals surface area contributed by atoms with Gasteiger partial charge in [-0.25, -0.2) is 14.2 Å². The molecule has 1 aromatic heterocycles. The molecule has 3 aromatic rings. The van der Waals surface area contributed by atoms with Crippen LogP contribution in [0.5, 0.6) is 5.88 Å². The van der Waals surface area contributed by atoms with Crippen LogP contribution >= 0.6 is 11.6 Å². The Bertz CT molecular complexity index is 943. The molecule has 0 bridgehead atoms. The third kappa shape index (κ3) is 2.78. The maximum atomic E-state index is 14.8. The first kappa shape index (κ1) is 16.2. The van der Waals surface area contributed by atoms with Crippen LogP contribution in [-0.2, 0) is 0 Å². The number of carboxylic acids is 1. The minimum atomic E-state index is -1.05. The second kappa shape index (κ2) is 6.45. The van der Waals surface area contributed by atoms with Gasteiger partial charge in [-0.2, -0.15) is 0 Å². The van der Waals surface area contributed by atoms with Gasteiger partial charge in [-0.05, 0) is 35.4 Å². The van der Waals surface area contributed by atoms with Gasteiger partial charge in [0.05, 0.1) is 23.4 Å². The van der Waals surface area contributed by atoms with Crippen LogP contribution in [0, 0.1) is 5.82 Å². The monoisotopic (exact) mass is 345 g/mol. The number of halogens is 2. The fraction of sp³-hybridized carbons (Fsp3) is 0.111. The van der Waals surface area contributed by atoms with Crippen LogP contribution in [0.25, 0.3) is 21.9 Å². The molecule has 4 nitrogen and oxygen atoms in total. The largest absolute Gasteiger partial charge is 0.478 e. The molecule has 0 saturated heterocycles. The fourth-order valence-corrected chi connectivity index (χ4v) is 2.79. The topological polar surface area (TPSA) is 59.4 Å². The summed E-state index contributed by atoms with van der Waals surface area (Å²) >= 11 is 6.16. The van der Waals surface area contributed by atoms with E-state index >= 15 is 0 Å². The molecule has 6 heteroatoms. The molecule has 122 valence electrons. The van der Waals surface area contributed by atoms with Gasteiger partial charge in [0, 0.05) is 5.56 Å². The molecule has 3 rings (SSSR count). The van der Waals surface area contributed by atoms with E-state index in [0.29, 0.717) is 10.9 Å². The van der Waals surface area contributed by atoms with E-state index in [1.165, 1.54) is 18.3 Å². The van der Waals surface area contributed by atoms with Crippen LogP contribution in [0.2, 0.25) is 5.02 Å². The summed E-state index contributed by atoms with van der Waals surface area (Å²) < 4.78 is 20.0. The van der Waals surface area contributed by atoms with Gasteiger partial charge >= 0.3 is 5.97 Å². The zero-order valence-electron chi connectivity index (χ0n) is 12.7. The molecule has 1 heterocycles. The van der Waals surface area contributed by atoms with E-state index in [9.17, 15) is 14.3 Å². The highest BCUT2D eigenvalue weighted by molar-refractivity contribution is 6.33. The molecule has 0 aliphatic rings. The Kier molecular flexibility index (Phi) is 4.36. The summed E-state index contributed by atoms with van der Waals surface area (Å²) in [6.45, 7) is 2.00. The Balaban J connectivity index is 2.32. The molecule has 0 amide bonds. The lowest BCUT2D eigenvalue weighted by Gasteiger charge is -2.12. The minimum Gasteiger partial charge on any atom is -0.478 e. The number of ether oxygens (including phenoxy) is 1. The van der Waals surface area contributed by atoms with Crippen molar-refractivity contribution in [3.05, 3.63) is 59.0 Å². The molecule has 0 fully saturated rings. The summed E-state index contributed by atoms with van der Waals surface area (Å²) in [5.41, 5.74) is 0.746. The molecule has 0 aliphatic carbocycles. The van der Waals surface area contributed by atoms with E-state index in [4.69, 9.17) is 16.3 Å². The number of carboxylic acid groups (broad SMARTS) is 1. The SMILES string of the molecule is CCOc1ncc(Cl)c(-c2cccc3ccc(C(=O)O)cc23)c1F. The van der Waals surface area contributed by atoms with Crippen LogP contribution in [-0.4, -0.2) is 22.7 Å². The summed E-state index contributed by atoms with van der Waals surface area (Å²) in [5, 5.41) is 10.7. The van der Waals surface area contributed by atoms with E-state index < -0.39 is 11.8 Å². The standard InChI is InChI=1S/C18H13ClFNO3/c1-2-24-17-16(20)15(14(19)9-21-17)12-5-3-4-10-6-7-11(18(22)23)8-13(10)12/h3-9H,2H2,1H3,(H,22,23). The van der Waals surface area contributed by atoms with E-state index in [1.54, 1.807) is 25.1 Å². The average molecular weight is 346 g/mol. The Morgan fingerprint density at radius 3 is 2.83 bits per heavy atom. The molecular weight excluding hydrogens is 333 g/mol. The van der Waals surface area contributed by atoms with Gasteiger partial charge in [0.25, 0.3) is 5.88 Å². The molecular formula is C18H13ClFNO3. The average Bonchev–Trinajstić information content (AvgIpc) is 2.57. The Morgan fingerprint density at radius 1 is 1.33 bits per heavy atom. The number of rotatable bonds is 4. The number of hydrogen-bond donors (Lipinski definition) is 1. The van der Waals surface area contributed by atoms with Crippen molar-refractivity contribution in [3.8, 4) is 17.0 Å². The van der Waals surface area contributed by atoms with Crippen LogP contribution in [0.3, 0.4) is 0 Å². The maximum Gasteiger partial charge on any atom is 0.335 e. The van der Waals surface area contributed by atoms with Crippen LogP contribution < -0.4 is 4.74 Å². The predicted molar refractivity (Wildman–Crippen MR) is 90.3 cm³/mol. The van der Waals surface area contributed by atoms with Crippen LogP contribution in [0.15, 0.2) is 42.6 Å². The third-order valence-electron chi connectivity index (χ3n) is 3.62. The second-order valence-electron chi connectivity index (χ2n) is 5.08. The number of fused-ring (bicyclic) bond motifs is 1. The molecule has 0 unspecified atom stereocenters. The third-order valence-corrected chi connectivity index (χ3v) is 3.91. The smallest absolute Gasteiger partial charge is 0.335 e. The first-order chi connectivity index (χ1) is 11.5. The van der Waals surface area contributed by atoms with Crippen molar-refractivity contribution in [2.75, 3.05) is 6.61 Å². The number of pyridine rings is 1. The molecule has 0 aliphatic heterocycles. The van der Waals surface area contributed by atoms with Crippen molar-refractivity contribution in [1.82, 2.24) is 4.98 Å². The van der Waals surface area contributed by atoms with Crippen molar-refractivity contribution in [3.63, 3.8) is 0 Å². The summed E-state index contributed by atoms with van der Waals surface area (Å²) in [5.74, 6) is -1.86. The molecule has 1 N–H and O–H groups in total. The number of hydrogen-bond acceptors (Lipinski definition) is 3. The Hall–Kier alpha value is -2.66. The van der Waals surface area contributed by atoms with Crippen LogP contribution in [0.1, 0.15) is 17.3 Å². The number of nitrogens with zero attached hydrogens (tertiary/aromatic N) is 1. The van der Waals surface area contributed by atoms with E-state index in [0.717, 1.165) is 5.39 Å². The first-order valence-electron chi connectivity index (χ1n) is 7.26. The van der Waals surface area contributed by atoms with Crippen molar-refractivity contribution in [1.29, 1.82) is 0 Å². The van der Waals surface area contributed by atoms with E-state index in [2.05, 4.69) is 4.98 Å². The Morgan fingerprint density at radius 2 is 2.12 bits per heavy atom. The lowest BCUT2D eigenvalue weighted by Crippen LogP contribution is -2.00. The van der Waals surface area contributed by atoms with Gasteiger partial charge in [0.15, 0.2) is 5.82 Å². The first-order valence-corrected chi connectivity index (χ1v) is 7.64. The van der Waals surface area contributed by atoms with Crippen molar-refractivity contribution < 1.29 is 19.0 Å². The lowest BCUT2D eigenvalue weighted by molar-refractivity contribution is 0.0697. The van der Waals surface area contributed by atoms with Gasteiger partial charge in [-0.15, -0.1) is 0 Å². The van der Waals surface area contributed by atoms with Gasteiger partial charge in [0.1, 0.15) is 0 Å². The van der Waals surface area contributed by atoms with Gasteiger partial charge in [-0.1, -0.05) is 35.9 Å². The normalized spacial score (nSPS) is 10.8. The summed E-state index contributed by atoms with van der Waals surface area (Å²) in [7, 11) is 0. The zero-order chi connectivity index (χ0) is 17.3. The van der Waals surface area contributed by atoms with E-state index in [1.807, 2.05) is 6.07 Å². The number of carbonyl (C=O) groups is 1.